The Balaban J connectivity index is 3.06. The van der Waals surface area contributed by atoms with E-state index in [2.05, 4.69) is 4.98 Å². The number of methoxy groups -OCH3 is 1. The molecule has 3 nitrogen and oxygen atoms in total. The number of nitrogens with zero attached hydrogens (tertiary/aromatic N) is 1. The maximum atomic E-state index is 5.72. The fraction of sp³-hybridized carbons (Fsp3) is 0.444. The standard InChI is InChI=1S/C9H14N2O/c1-6-4-8(7(2)10)5-9(11-6)12-3/h4-5,7H,10H2,1-3H3. The number of hydrogen-bond donors (Lipinski definition) is 1. The van der Waals surface area contributed by atoms with Crippen molar-refractivity contribution >= 4 is 0 Å². The molecule has 1 atom stereocenters. The summed E-state index contributed by atoms with van der Waals surface area (Å²) in [5.41, 5.74) is 7.71. The van der Waals surface area contributed by atoms with Crippen LogP contribution in [0.2, 0.25) is 0 Å². The topological polar surface area (TPSA) is 48.1 Å². The van der Waals surface area contributed by atoms with Crippen molar-refractivity contribution in [1.29, 1.82) is 0 Å². The van der Waals surface area contributed by atoms with Crippen molar-refractivity contribution in [3.63, 3.8) is 0 Å². The molecule has 66 valence electrons. The van der Waals surface area contributed by atoms with Crippen LogP contribution >= 0.6 is 0 Å². The van der Waals surface area contributed by atoms with Crippen molar-refractivity contribution in [3.8, 4) is 5.88 Å². The molecule has 1 aromatic heterocycles. The second kappa shape index (κ2) is 3.54. The summed E-state index contributed by atoms with van der Waals surface area (Å²) in [4.78, 5) is 4.16. The van der Waals surface area contributed by atoms with Crippen LogP contribution in [0.25, 0.3) is 0 Å². The lowest BCUT2D eigenvalue weighted by Gasteiger charge is -2.08. The molecule has 0 fully saturated rings. The number of rotatable bonds is 2. The number of aryl methyl sites for hydroxylation is 1. The summed E-state index contributed by atoms with van der Waals surface area (Å²) in [6.45, 7) is 3.86. The van der Waals surface area contributed by atoms with E-state index in [4.69, 9.17) is 10.5 Å². The molecule has 0 radical (unpaired) electrons. The first-order valence-corrected chi connectivity index (χ1v) is 3.91. The first kappa shape index (κ1) is 9.00. The summed E-state index contributed by atoms with van der Waals surface area (Å²) in [6.07, 6.45) is 0. The summed E-state index contributed by atoms with van der Waals surface area (Å²) >= 11 is 0. The predicted octanol–water partition coefficient (Wildman–Crippen LogP) is 1.42. The van der Waals surface area contributed by atoms with E-state index in [1.165, 1.54) is 0 Å². The maximum absolute atomic E-state index is 5.72. The van der Waals surface area contributed by atoms with Gasteiger partial charge in [0.1, 0.15) is 0 Å². The summed E-state index contributed by atoms with van der Waals surface area (Å²) in [5, 5.41) is 0. The van der Waals surface area contributed by atoms with Gasteiger partial charge >= 0.3 is 0 Å². The van der Waals surface area contributed by atoms with Gasteiger partial charge < -0.3 is 10.5 Å². The summed E-state index contributed by atoms with van der Waals surface area (Å²) < 4.78 is 5.02. The molecule has 0 aliphatic carbocycles. The normalized spacial score (nSPS) is 12.7. The van der Waals surface area contributed by atoms with E-state index >= 15 is 0 Å². The zero-order valence-electron chi connectivity index (χ0n) is 7.66. The number of pyridine rings is 1. The number of ether oxygens (including phenoxy) is 1. The zero-order chi connectivity index (χ0) is 9.14. The summed E-state index contributed by atoms with van der Waals surface area (Å²) in [5.74, 6) is 0.627. The molecule has 0 aliphatic heterocycles. The molecule has 0 spiro atoms. The van der Waals surface area contributed by atoms with Gasteiger partial charge in [-0.25, -0.2) is 4.98 Å². The fourth-order valence-electron chi connectivity index (χ4n) is 1.03. The monoisotopic (exact) mass is 166 g/mol. The molecule has 0 amide bonds. The lowest BCUT2D eigenvalue weighted by molar-refractivity contribution is 0.396. The van der Waals surface area contributed by atoms with Crippen LogP contribution in [0.5, 0.6) is 5.88 Å². The van der Waals surface area contributed by atoms with Crippen LogP contribution in [0.1, 0.15) is 24.2 Å². The molecule has 3 heteroatoms. The Bertz CT molecular complexity index is 271. The van der Waals surface area contributed by atoms with Crippen LogP contribution in [0, 0.1) is 6.92 Å². The van der Waals surface area contributed by atoms with Crippen LogP contribution in [0.3, 0.4) is 0 Å². The highest BCUT2D eigenvalue weighted by molar-refractivity contribution is 5.26. The van der Waals surface area contributed by atoms with E-state index in [1.54, 1.807) is 7.11 Å². The molecule has 0 saturated carbocycles. The Kier molecular flexibility index (Phi) is 2.65. The van der Waals surface area contributed by atoms with Crippen molar-refractivity contribution in [2.24, 2.45) is 5.73 Å². The first-order chi connectivity index (χ1) is 5.63. The molecule has 0 bridgehead atoms. The van der Waals surface area contributed by atoms with Crippen molar-refractivity contribution in [1.82, 2.24) is 4.98 Å². The van der Waals surface area contributed by atoms with Gasteiger partial charge in [0.15, 0.2) is 0 Å². The van der Waals surface area contributed by atoms with Gasteiger partial charge in [0, 0.05) is 17.8 Å². The van der Waals surface area contributed by atoms with Gasteiger partial charge in [-0.3, -0.25) is 0 Å². The second-order valence-electron chi connectivity index (χ2n) is 2.87. The lowest BCUT2D eigenvalue weighted by Crippen LogP contribution is -2.06. The van der Waals surface area contributed by atoms with Crippen molar-refractivity contribution in [2.75, 3.05) is 7.11 Å². The highest BCUT2D eigenvalue weighted by atomic mass is 16.5. The third kappa shape index (κ3) is 1.95. The average molecular weight is 166 g/mol. The van der Waals surface area contributed by atoms with Crippen molar-refractivity contribution in [3.05, 3.63) is 23.4 Å². The van der Waals surface area contributed by atoms with Gasteiger partial charge in [0.05, 0.1) is 7.11 Å². The molecule has 1 rings (SSSR count). The molecule has 12 heavy (non-hydrogen) atoms. The molecule has 0 saturated heterocycles. The third-order valence-corrected chi connectivity index (χ3v) is 1.69. The summed E-state index contributed by atoms with van der Waals surface area (Å²) in [7, 11) is 1.60. The molecular weight excluding hydrogens is 152 g/mol. The van der Waals surface area contributed by atoms with E-state index in [0.29, 0.717) is 5.88 Å². The minimum atomic E-state index is 0.0283. The zero-order valence-corrected chi connectivity index (χ0v) is 7.66. The van der Waals surface area contributed by atoms with Crippen LogP contribution in [0.4, 0.5) is 0 Å². The lowest BCUT2D eigenvalue weighted by atomic mass is 10.1. The minimum Gasteiger partial charge on any atom is -0.481 e. The Hall–Kier alpha value is -1.09. The van der Waals surface area contributed by atoms with Crippen LogP contribution in [-0.2, 0) is 0 Å². The summed E-state index contributed by atoms with van der Waals surface area (Å²) in [6, 6.07) is 3.85. The van der Waals surface area contributed by atoms with Gasteiger partial charge in [-0.1, -0.05) is 0 Å². The molecule has 1 unspecified atom stereocenters. The van der Waals surface area contributed by atoms with Crippen LogP contribution in [0.15, 0.2) is 12.1 Å². The van der Waals surface area contributed by atoms with Gasteiger partial charge in [0.25, 0.3) is 0 Å². The number of aromatic nitrogens is 1. The van der Waals surface area contributed by atoms with Gasteiger partial charge in [-0.05, 0) is 25.5 Å². The first-order valence-electron chi connectivity index (χ1n) is 3.91. The maximum Gasteiger partial charge on any atom is 0.213 e. The average Bonchev–Trinajstić information content (AvgIpc) is 2.03. The Morgan fingerprint density at radius 3 is 2.67 bits per heavy atom. The van der Waals surface area contributed by atoms with Gasteiger partial charge in [0.2, 0.25) is 5.88 Å². The number of hydrogen-bond acceptors (Lipinski definition) is 3. The quantitative estimate of drug-likeness (QED) is 0.722. The van der Waals surface area contributed by atoms with E-state index < -0.39 is 0 Å². The number of nitrogens with two attached hydrogens (primary N) is 1. The van der Waals surface area contributed by atoms with Crippen LogP contribution in [-0.4, -0.2) is 12.1 Å². The van der Waals surface area contributed by atoms with E-state index in [9.17, 15) is 0 Å². The Morgan fingerprint density at radius 2 is 2.17 bits per heavy atom. The van der Waals surface area contributed by atoms with Gasteiger partial charge in [-0.15, -0.1) is 0 Å². The molecule has 2 N–H and O–H groups in total. The van der Waals surface area contributed by atoms with Gasteiger partial charge in [-0.2, -0.15) is 0 Å². The Labute approximate surface area is 72.6 Å². The smallest absolute Gasteiger partial charge is 0.213 e. The molecular formula is C9H14N2O. The third-order valence-electron chi connectivity index (χ3n) is 1.69. The fourth-order valence-corrected chi connectivity index (χ4v) is 1.03. The highest BCUT2D eigenvalue weighted by Gasteiger charge is 2.03. The van der Waals surface area contributed by atoms with Crippen molar-refractivity contribution < 1.29 is 4.74 Å². The highest BCUT2D eigenvalue weighted by Crippen LogP contribution is 2.16. The molecule has 0 aromatic carbocycles. The SMILES string of the molecule is COc1cc(C(C)N)cc(C)n1. The van der Waals surface area contributed by atoms with E-state index in [0.717, 1.165) is 11.3 Å². The molecule has 0 aliphatic rings. The largest absolute Gasteiger partial charge is 0.481 e. The second-order valence-corrected chi connectivity index (χ2v) is 2.87. The van der Waals surface area contributed by atoms with E-state index in [1.807, 2.05) is 26.0 Å². The molecule has 1 heterocycles. The minimum absolute atomic E-state index is 0.0283. The van der Waals surface area contributed by atoms with Crippen molar-refractivity contribution in [2.45, 2.75) is 19.9 Å². The molecule has 1 aromatic rings. The van der Waals surface area contributed by atoms with Crippen LogP contribution < -0.4 is 10.5 Å². The predicted molar refractivity (Wildman–Crippen MR) is 48.1 cm³/mol. The Morgan fingerprint density at radius 1 is 1.50 bits per heavy atom. The van der Waals surface area contributed by atoms with E-state index in [-0.39, 0.29) is 6.04 Å².